The molecule has 134 valence electrons. The summed E-state index contributed by atoms with van der Waals surface area (Å²) in [5, 5.41) is 14.9. The zero-order valence-corrected chi connectivity index (χ0v) is 14.5. The van der Waals surface area contributed by atoms with Crippen molar-refractivity contribution in [3.63, 3.8) is 0 Å². The normalized spacial score (nSPS) is 14.5. The molecule has 7 nitrogen and oxygen atoms in total. The summed E-state index contributed by atoms with van der Waals surface area (Å²) in [4.78, 5) is 25.3. The van der Waals surface area contributed by atoms with Crippen LogP contribution in [0.25, 0.3) is 0 Å². The SMILES string of the molecule is CCOC(=O)N1CCC(NC(=O)CCNc2ccc(C#N)cc2)CC1. The molecule has 0 saturated carbocycles. The largest absolute Gasteiger partial charge is 0.450 e. The molecule has 7 heteroatoms. The summed E-state index contributed by atoms with van der Waals surface area (Å²) in [6.07, 6.45) is 1.58. The number of nitriles is 1. The molecule has 2 amide bonds. The summed E-state index contributed by atoms with van der Waals surface area (Å²) in [6.45, 7) is 3.90. The smallest absolute Gasteiger partial charge is 0.409 e. The van der Waals surface area contributed by atoms with Crippen molar-refractivity contribution in [1.29, 1.82) is 5.26 Å². The van der Waals surface area contributed by atoms with Crippen LogP contribution >= 0.6 is 0 Å². The number of rotatable bonds is 6. The summed E-state index contributed by atoms with van der Waals surface area (Å²) in [5.41, 5.74) is 1.49. The summed E-state index contributed by atoms with van der Waals surface area (Å²) < 4.78 is 4.98. The molecule has 2 N–H and O–H groups in total. The van der Waals surface area contributed by atoms with Crippen LogP contribution in [0, 0.1) is 11.3 Å². The minimum Gasteiger partial charge on any atom is -0.450 e. The first-order valence-electron chi connectivity index (χ1n) is 8.57. The first kappa shape index (κ1) is 18.6. The highest BCUT2D eigenvalue weighted by atomic mass is 16.6. The number of benzene rings is 1. The van der Waals surface area contributed by atoms with E-state index in [0.29, 0.717) is 38.2 Å². The fourth-order valence-corrected chi connectivity index (χ4v) is 2.70. The monoisotopic (exact) mass is 344 g/mol. The van der Waals surface area contributed by atoms with Crippen molar-refractivity contribution in [3.8, 4) is 6.07 Å². The van der Waals surface area contributed by atoms with Crippen LogP contribution in [0.5, 0.6) is 0 Å². The van der Waals surface area contributed by atoms with Gasteiger partial charge < -0.3 is 20.3 Å². The molecule has 0 atom stereocenters. The average Bonchev–Trinajstić information content (AvgIpc) is 2.63. The van der Waals surface area contributed by atoms with Gasteiger partial charge in [-0.25, -0.2) is 4.79 Å². The fraction of sp³-hybridized carbons (Fsp3) is 0.500. The Morgan fingerprint density at radius 2 is 1.96 bits per heavy atom. The highest BCUT2D eigenvalue weighted by Gasteiger charge is 2.24. The van der Waals surface area contributed by atoms with Gasteiger partial charge in [-0.05, 0) is 44.0 Å². The zero-order chi connectivity index (χ0) is 18.1. The lowest BCUT2D eigenvalue weighted by Gasteiger charge is -2.31. The van der Waals surface area contributed by atoms with Gasteiger partial charge in [0.05, 0.1) is 18.2 Å². The number of hydrogen-bond donors (Lipinski definition) is 2. The van der Waals surface area contributed by atoms with Crippen molar-refractivity contribution in [3.05, 3.63) is 29.8 Å². The van der Waals surface area contributed by atoms with Crippen LogP contribution in [0.2, 0.25) is 0 Å². The zero-order valence-electron chi connectivity index (χ0n) is 14.5. The first-order valence-corrected chi connectivity index (χ1v) is 8.57. The van der Waals surface area contributed by atoms with E-state index in [1.54, 1.807) is 24.0 Å². The Balaban J connectivity index is 1.64. The Bertz CT molecular complexity index is 616. The Labute approximate surface area is 147 Å². The van der Waals surface area contributed by atoms with Crippen molar-refractivity contribution in [2.45, 2.75) is 32.2 Å². The highest BCUT2D eigenvalue weighted by molar-refractivity contribution is 5.77. The van der Waals surface area contributed by atoms with Gasteiger partial charge in [0.25, 0.3) is 0 Å². The Kier molecular flexibility index (Phi) is 7.08. The number of hydrogen-bond acceptors (Lipinski definition) is 5. The summed E-state index contributed by atoms with van der Waals surface area (Å²) >= 11 is 0. The van der Waals surface area contributed by atoms with Crippen molar-refractivity contribution >= 4 is 17.7 Å². The summed E-state index contributed by atoms with van der Waals surface area (Å²) in [7, 11) is 0. The maximum absolute atomic E-state index is 12.0. The van der Waals surface area contributed by atoms with Crippen molar-refractivity contribution < 1.29 is 14.3 Å². The quantitative estimate of drug-likeness (QED) is 0.824. The molecule has 0 aromatic heterocycles. The fourth-order valence-electron chi connectivity index (χ4n) is 2.70. The van der Waals surface area contributed by atoms with Crippen LogP contribution in [0.4, 0.5) is 10.5 Å². The van der Waals surface area contributed by atoms with Crippen molar-refractivity contribution in [2.75, 3.05) is 31.6 Å². The number of nitrogens with zero attached hydrogens (tertiary/aromatic N) is 2. The number of amides is 2. The highest BCUT2D eigenvalue weighted by Crippen LogP contribution is 2.12. The number of nitrogens with one attached hydrogen (secondary N) is 2. The lowest BCUT2D eigenvalue weighted by atomic mass is 10.1. The van der Waals surface area contributed by atoms with E-state index in [-0.39, 0.29) is 18.0 Å². The van der Waals surface area contributed by atoms with Gasteiger partial charge in [0, 0.05) is 37.8 Å². The molecule has 1 fully saturated rings. The first-order chi connectivity index (χ1) is 12.1. The molecule has 25 heavy (non-hydrogen) atoms. The van der Waals surface area contributed by atoms with Crippen molar-refractivity contribution in [1.82, 2.24) is 10.2 Å². The minimum atomic E-state index is -0.279. The molecule has 1 heterocycles. The van der Waals surface area contributed by atoms with Crippen LogP contribution in [-0.2, 0) is 9.53 Å². The standard InChI is InChI=1S/C18H24N4O3/c1-2-25-18(24)22-11-8-16(9-12-22)21-17(23)7-10-20-15-5-3-14(13-19)4-6-15/h3-6,16,20H,2,7-12H2,1H3,(H,21,23). The predicted octanol–water partition coefficient (Wildman–Crippen LogP) is 2.10. The van der Waals surface area contributed by atoms with Crippen LogP contribution in [0.3, 0.4) is 0 Å². The van der Waals surface area contributed by atoms with Gasteiger partial charge in [0.15, 0.2) is 0 Å². The number of carbonyl (C=O) groups excluding carboxylic acids is 2. The molecule has 0 aliphatic carbocycles. The molecule has 1 saturated heterocycles. The molecule has 1 aliphatic rings. The Morgan fingerprint density at radius 3 is 2.56 bits per heavy atom. The van der Waals surface area contributed by atoms with E-state index in [2.05, 4.69) is 16.7 Å². The third-order valence-electron chi connectivity index (χ3n) is 4.08. The maximum Gasteiger partial charge on any atom is 0.409 e. The van der Waals surface area contributed by atoms with E-state index in [4.69, 9.17) is 10.00 Å². The Hall–Kier alpha value is -2.75. The summed E-state index contributed by atoms with van der Waals surface area (Å²) in [6, 6.07) is 9.29. The minimum absolute atomic E-state index is 0.00395. The van der Waals surface area contributed by atoms with Crippen LogP contribution in [0.15, 0.2) is 24.3 Å². The average molecular weight is 344 g/mol. The number of piperidine rings is 1. The van der Waals surface area contributed by atoms with Gasteiger partial charge in [0.1, 0.15) is 0 Å². The second-order valence-electron chi connectivity index (χ2n) is 5.89. The molecule has 1 aliphatic heterocycles. The van der Waals surface area contributed by atoms with Crippen LogP contribution in [0.1, 0.15) is 31.7 Å². The number of likely N-dealkylation sites (tertiary alicyclic amines) is 1. The van der Waals surface area contributed by atoms with Gasteiger partial charge >= 0.3 is 6.09 Å². The third kappa shape index (κ3) is 5.99. The second-order valence-corrected chi connectivity index (χ2v) is 5.89. The molecule has 0 unspecified atom stereocenters. The van der Waals surface area contributed by atoms with Crippen LogP contribution < -0.4 is 10.6 Å². The van der Waals surface area contributed by atoms with Gasteiger partial charge in [0.2, 0.25) is 5.91 Å². The topological polar surface area (TPSA) is 94.5 Å². The van der Waals surface area contributed by atoms with Gasteiger partial charge in [-0.2, -0.15) is 5.26 Å². The second kappa shape index (κ2) is 9.52. The van der Waals surface area contributed by atoms with E-state index in [1.807, 2.05) is 12.1 Å². The number of anilines is 1. The maximum atomic E-state index is 12.0. The number of ether oxygens (including phenoxy) is 1. The molecule has 1 aromatic carbocycles. The number of carbonyl (C=O) groups is 2. The molecule has 0 spiro atoms. The predicted molar refractivity (Wildman–Crippen MR) is 94.0 cm³/mol. The van der Waals surface area contributed by atoms with Crippen LogP contribution in [-0.4, -0.2) is 49.2 Å². The lowest BCUT2D eigenvalue weighted by molar-refractivity contribution is -0.121. The molecule has 2 rings (SSSR count). The molecule has 1 aromatic rings. The molecular formula is C18H24N4O3. The van der Waals surface area contributed by atoms with E-state index in [0.717, 1.165) is 18.5 Å². The van der Waals surface area contributed by atoms with Gasteiger partial charge in [-0.3, -0.25) is 4.79 Å². The van der Waals surface area contributed by atoms with E-state index in [1.165, 1.54) is 0 Å². The van der Waals surface area contributed by atoms with Crippen molar-refractivity contribution in [2.24, 2.45) is 0 Å². The van der Waals surface area contributed by atoms with E-state index >= 15 is 0 Å². The third-order valence-corrected chi connectivity index (χ3v) is 4.08. The molecule has 0 radical (unpaired) electrons. The summed E-state index contributed by atoms with van der Waals surface area (Å²) in [5.74, 6) is -0.00395. The molecule has 0 bridgehead atoms. The van der Waals surface area contributed by atoms with E-state index < -0.39 is 0 Å². The lowest BCUT2D eigenvalue weighted by Crippen LogP contribution is -2.46. The van der Waals surface area contributed by atoms with Gasteiger partial charge in [-0.1, -0.05) is 0 Å². The van der Waals surface area contributed by atoms with E-state index in [9.17, 15) is 9.59 Å². The Morgan fingerprint density at radius 1 is 1.28 bits per heavy atom. The molecular weight excluding hydrogens is 320 g/mol. The van der Waals surface area contributed by atoms with Gasteiger partial charge in [-0.15, -0.1) is 0 Å².